The molecular weight excluding hydrogens is 843 g/mol. The number of nitrogens with zero attached hydrogens (tertiary/aromatic N) is 4. The number of piperidine rings is 2. The summed E-state index contributed by atoms with van der Waals surface area (Å²) >= 11 is 0. The van der Waals surface area contributed by atoms with Crippen LogP contribution in [0.5, 0.6) is 11.5 Å². The van der Waals surface area contributed by atoms with Crippen LogP contribution in [0.2, 0.25) is 0 Å². The summed E-state index contributed by atoms with van der Waals surface area (Å²) in [5, 5.41) is 16.4. The second kappa shape index (κ2) is 18.7. The molecule has 1 unspecified atom stereocenters. The minimum Gasteiger partial charge on any atom is -0.457 e. The van der Waals surface area contributed by atoms with Crippen LogP contribution < -0.4 is 31.7 Å². The Kier molecular flexibility index (Phi) is 12.3. The van der Waals surface area contributed by atoms with Crippen LogP contribution in [0.25, 0.3) is 11.3 Å². The molecule has 5 heterocycles. The van der Waals surface area contributed by atoms with Gasteiger partial charge in [0, 0.05) is 49.4 Å². The minimum absolute atomic E-state index is 0.0302. The lowest BCUT2D eigenvalue weighted by Crippen LogP contribution is -2.54. The molecule has 0 bridgehead atoms. The molecule has 4 aliphatic heterocycles. The third-order valence-electron chi connectivity index (χ3n) is 12.7. The summed E-state index contributed by atoms with van der Waals surface area (Å²) in [6.45, 7) is 1.88. The molecule has 0 radical (unpaired) electrons. The number of aryl methyl sites for hydroxylation is 1. The van der Waals surface area contributed by atoms with Gasteiger partial charge in [-0.1, -0.05) is 30.3 Å². The van der Waals surface area contributed by atoms with Crippen LogP contribution >= 0.6 is 0 Å². The van der Waals surface area contributed by atoms with Gasteiger partial charge >= 0.3 is 0 Å². The Bertz CT molecular complexity index is 2710. The van der Waals surface area contributed by atoms with Crippen molar-refractivity contribution in [3.05, 3.63) is 119 Å². The highest BCUT2D eigenvalue weighted by atomic mass is 16.5. The van der Waals surface area contributed by atoms with E-state index < -0.39 is 35.6 Å². The van der Waals surface area contributed by atoms with Gasteiger partial charge in [0.25, 0.3) is 17.7 Å². The number of aromatic nitrogens is 2. The quantitative estimate of drug-likeness (QED) is 0.0874. The molecule has 4 aromatic carbocycles. The molecule has 9 rings (SSSR count). The average molecular weight is 892 g/mol. The van der Waals surface area contributed by atoms with Gasteiger partial charge in [-0.2, -0.15) is 5.10 Å². The molecule has 5 aromatic rings. The largest absolute Gasteiger partial charge is 0.457 e. The van der Waals surface area contributed by atoms with Gasteiger partial charge < -0.3 is 31.3 Å². The van der Waals surface area contributed by atoms with E-state index in [1.165, 1.54) is 12.1 Å². The number of likely N-dealkylation sites (tertiary alicyclic amines) is 1. The SMILES string of the molecule is NC(=O)c1c(-c2ccc(Oc3ccccc3)cc2)nn2c1NCC[C@H]2C1CCN(C(=O)CCCc2ccc(NC(=O)CNc3ccc4c(c3)C(=O)N(C3CCC(=O)NC3=O)C4=O)cc2)CC1. The molecule has 6 N–H and O–H groups in total. The molecule has 0 aliphatic carbocycles. The fraction of sp³-hybridized carbons (Fsp3) is 0.306. The maximum absolute atomic E-state index is 13.3. The van der Waals surface area contributed by atoms with E-state index in [4.69, 9.17) is 15.6 Å². The molecule has 2 saturated heterocycles. The number of anilines is 3. The highest BCUT2D eigenvalue weighted by Crippen LogP contribution is 2.40. The number of hydrogen-bond donors (Lipinski definition) is 5. The van der Waals surface area contributed by atoms with Gasteiger partial charge in [0.2, 0.25) is 23.6 Å². The summed E-state index contributed by atoms with van der Waals surface area (Å²) in [4.78, 5) is 91.9. The maximum Gasteiger partial charge on any atom is 0.262 e. The molecule has 1 aromatic heterocycles. The number of para-hydroxylation sites is 1. The van der Waals surface area contributed by atoms with Crippen molar-refractivity contribution in [3.63, 3.8) is 0 Å². The normalized spacial score (nSPS) is 18.2. The number of ether oxygens (including phenoxy) is 1. The first-order valence-electron chi connectivity index (χ1n) is 22.3. The van der Waals surface area contributed by atoms with Gasteiger partial charge in [0.15, 0.2) is 0 Å². The first-order valence-corrected chi connectivity index (χ1v) is 22.3. The van der Waals surface area contributed by atoms with Crippen molar-refractivity contribution >= 4 is 58.5 Å². The van der Waals surface area contributed by atoms with Crippen molar-refractivity contribution in [2.24, 2.45) is 11.7 Å². The third kappa shape index (κ3) is 9.09. The van der Waals surface area contributed by atoms with E-state index in [-0.39, 0.29) is 54.3 Å². The highest BCUT2D eigenvalue weighted by molar-refractivity contribution is 6.23. The Morgan fingerprint density at radius 1 is 0.803 bits per heavy atom. The second-order valence-electron chi connectivity index (χ2n) is 17.0. The smallest absolute Gasteiger partial charge is 0.262 e. The Morgan fingerprint density at radius 3 is 2.24 bits per heavy atom. The molecule has 338 valence electrons. The zero-order valence-electron chi connectivity index (χ0n) is 36.1. The molecule has 2 atom stereocenters. The van der Waals surface area contributed by atoms with E-state index in [1.54, 1.807) is 6.07 Å². The van der Waals surface area contributed by atoms with Crippen molar-refractivity contribution in [1.82, 2.24) is 24.9 Å². The maximum atomic E-state index is 13.3. The van der Waals surface area contributed by atoms with Gasteiger partial charge in [-0.05, 0) is 117 Å². The number of amides is 7. The van der Waals surface area contributed by atoms with Crippen molar-refractivity contribution in [2.75, 3.05) is 42.1 Å². The van der Waals surface area contributed by atoms with Gasteiger partial charge in [-0.3, -0.25) is 43.8 Å². The molecule has 0 saturated carbocycles. The van der Waals surface area contributed by atoms with E-state index in [0.29, 0.717) is 73.1 Å². The molecule has 0 spiro atoms. The van der Waals surface area contributed by atoms with Crippen molar-refractivity contribution in [3.8, 4) is 22.8 Å². The fourth-order valence-corrected chi connectivity index (χ4v) is 9.34. The molecule has 7 amide bonds. The van der Waals surface area contributed by atoms with E-state index in [2.05, 4.69) is 21.3 Å². The Balaban J connectivity index is 0.720. The van der Waals surface area contributed by atoms with Gasteiger partial charge in [0.05, 0.1) is 23.7 Å². The van der Waals surface area contributed by atoms with E-state index in [1.807, 2.05) is 88.4 Å². The number of rotatable bonds is 14. The van der Waals surface area contributed by atoms with Crippen LogP contribution in [0.4, 0.5) is 17.2 Å². The number of primary amides is 1. The number of carbonyl (C=O) groups is 7. The van der Waals surface area contributed by atoms with Crippen molar-refractivity contribution in [1.29, 1.82) is 0 Å². The first-order chi connectivity index (χ1) is 32.0. The van der Waals surface area contributed by atoms with Crippen LogP contribution in [-0.4, -0.2) is 93.2 Å². The minimum atomic E-state index is -1.06. The second-order valence-corrected chi connectivity index (χ2v) is 17.0. The predicted octanol–water partition coefficient (Wildman–Crippen LogP) is 5.51. The summed E-state index contributed by atoms with van der Waals surface area (Å²) in [5.41, 5.74) is 9.96. The number of imide groups is 2. The molecule has 4 aliphatic rings. The van der Waals surface area contributed by atoms with Crippen LogP contribution in [0, 0.1) is 5.92 Å². The predicted molar refractivity (Wildman–Crippen MR) is 244 cm³/mol. The van der Waals surface area contributed by atoms with Crippen molar-refractivity contribution < 1.29 is 38.3 Å². The molecule has 66 heavy (non-hydrogen) atoms. The summed E-state index contributed by atoms with van der Waals surface area (Å²) < 4.78 is 7.90. The molecule has 2 fully saturated rings. The van der Waals surface area contributed by atoms with Crippen LogP contribution in [-0.2, 0) is 25.6 Å². The monoisotopic (exact) mass is 891 g/mol. The lowest BCUT2D eigenvalue weighted by molar-refractivity contribution is -0.136. The lowest BCUT2D eigenvalue weighted by Gasteiger charge is -2.38. The van der Waals surface area contributed by atoms with E-state index in [9.17, 15) is 33.6 Å². The summed E-state index contributed by atoms with van der Waals surface area (Å²) in [6.07, 6.45) is 4.38. The van der Waals surface area contributed by atoms with Gasteiger partial charge in [-0.25, -0.2) is 4.68 Å². The molecule has 17 heteroatoms. The van der Waals surface area contributed by atoms with E-state index >= 15 is 0 Å². The number of nitrogens with one attached hydrogen (secondary N) is 4. The summed E-state index contributed by atoms with van der Waals surface area (Å²) in [6, 6.07) is 28.0. The Labute approximate surface area is 380 Å². The number of hydrogen-bond acceptors (Lipinski definition) is 11. The third-order valence-corrected chi connectivity index (χ3v) is 12.7. The van der Waals surface area contributed by atoms with Crippen LogP contribution in [0.3, 0.4) is 0 Å². The number of benzene rings is 4. The van der Waals surface area contributed by atoms with Gasteiger partial charge in [0.1, 0.15) is 34.6 Å². The van der Waals surface area contributed by atoms with Gasteiger partial charge in [-0.15, -0.1) is 0 Å². The Hall–Kier alpha value is -7.82. The van der Waals surface area contributed by atoms with Crippen LogP contribution in [0.1, 0.15) is 87.6 Å². The average Bonchev–Trinajstić information content (AvgIpc) is 3.84. The summed E-state index contributed by atoms with van der Waals surface area (Å²) in [5.74, 6) is -0.801. The van der Waals surface area contributed by atoms with Crippen LogP contribution in [0.15, 0.2) is 97.1 Å². The number of nitrogens with two attached hydrogens (primary N) is 1. The zero-order valence-corrected chi connectivity index (χ0v) is 36.1. The van der Waals surface area contributed by atoms with E-state index in [0.717, 1.165) is 41.0 Å². The fourth-order valence-electron chi connectivity index (χ4n) is 9.34. The number of fused-ring (bicyclic) bond motifs is 2. The summed E-state index contributed by atoms with van der Waals surface area (Å²) in [7, 11) is 0. The standard InChI is InChI=1S/C49H49N9O8/c50-45(62)43-44(31-11-16-35(17-12-31)66-34-6-2-1-3-7-34)55-58-38(21-24-51-46(43)58)30-22-25-56(26-23-30)42(61)8-4-5-29-9-13-32(14-10-29)53-41(60)28-52-33-15-18-36-37(27-33)49(65)57(48(36)64)39-19-20-40(59)54-47(39)63/h1-3,6-7,9-18,27,30,38-39,51-52H,4-5,8,19-26,28H2,(H2,50,62)(H,53,60)(H,54,59,63)/t38-,39?/m0/s1. The topological polar surface area (TPSA) is 227 Å². The molecular formula is C49H49N9O8. The molecule has 17 nitrogen and oxygen atoms in total. The van der Waals surface area contributed by atoms with Crippen molar-refractivity contribution in [2.45, 2.75) is 63.5 Å². The number of carbonyl (C=O) groups excluding carboxylic acids is 7. The lowest BCUT2D eigenvalue weighted by atomic mass is 9.86. The Morgan fingerprint density at radius 2 is 1.52 bits per heavy atom. The zero-order chi connectivity index (χ0) is 45.9. The highest BCUT2D eigenvalue weighted by Gasteiger charge is 2.45. The first kappa shape index (κ1) is 43.4.